The number of ether oxygens (including phenoxy) is 2. The Kier molecular flexibility index (Phi) is 2.16. The van der Waals surface area contributed by atoms with Crippen LogP contribution >= 0.6 is 0 Å². The highest BCUT2D eigenvalue weighted by atomic mass is 19.1. The molecule has 1 aromatic carbocycles. The van der Waals surface area contributed by atoms with Crippen molar-refractivity contribution in [2.24, 2.45) is 5.73 Å². The SMILES string of the molecule is NCC1(c2cc(F)cc3c2OCOC3)CC1. The van der Waals surface area contributed by atoms with Crippen molar-refractivity contribution in [1.29, 1.82) is 0 Å². The second-order valence-electron chi connectivity index (χ2n) is 4.54. The number of fused-ring (bicyclic) bond motifs is 1. The van der Waals surface area contributed by atoms with Gasteiger partial charge >= 0.3 is 0 Å². The van der Waals surface area contributed by atoms with Gasteiger partial charge in [-0.2, -0.15) is 0 Å². The number of nitrogens with two attached hydrogens (primary N) is 1. The molecule has 0 amide bonds. The van der Waals surface area contributed by atoms with Crippen LogP contribution in [0.3, 0.4) is 0 Å². The lowest BCUT2D eigenvalue weighted by molar-refractivity contribution is -0.0175. The van der Waals surface area contributed by atoms with E-state index in [4.69, 9.17) is 15.2 Å². The average Bonchev–Trinajstić information content (AvgIpc) is 3.08. The van der Waals surface area contributed by atoms with Crippen molar-refractivity contribution >= 4 is 0 Å². The molecule has 2 aliphatic rings. The highest BCUT2D eigenvalue weighted by molar-refractivity contribution is 5.49. The van der Waals surface area contributed by atoms with E-state index >= 15 is 0 Å². The van der Waals surface area contributed by atoms with Crippen LogP contribution in [-0.2, 0) is 16.8 Å². The van der Waals surface area contributed by atoms with Crippen molar-refractivity contribution in [3.05, 3.63) is 29.1 Å². The van der Waals surface area contributed by atoms with Gasteiger partial charge < -0.3 is 15.2 Å². The number of halogens is 1. The van der Waals surface area contributed by atoms with Gasteiger partial charge in [-0.1, -0.05) is 0 Å². The Bertz CT molecular complexity index is 429. The Balaban J connectivity index is 2.13. The summed E-state index contributed by atoms with van der Waals surface area (Å²) in [5.74, 6) is 0.554. The zero-order chi connectivity index (χ0) is 11.2. The normalized spacial score (nSPS) is 21.1. The first-order valence-corrected chi connectivity index (χ1v) is 5.49. The standard InChI is InChI=1S/C12H14FNO2/c13-9-3-8-5-15-7-16-11(8)10(4-9)12(6-14)1-2-12/h3-4H,1-2,5-7,14H2. The van der Waals surface area contributed by atoms with E-state index in [-0.39, 0.29) is 18.0 Å². The van der Waals surface area contributed by atoms with E-state index < -0.39 is 0 Å². The van der Waals surface area contributed by atoms with Gasteiger partial charge in [0, 0.05) is 23.1 Å². The van der Waals surface area contributed by atoms with Crippen molar-refractivity contribution in [1.82, 2.24) is 0 Å². The maximum atomic E-state index is 13.5. The molecule has 3 nitrogen and oxygen atoms in total. The highest BCUT2D eigenvalue weighted by Gasteiger charge is 2.46. The third-order valence-corrected chi connectivity index (χ3v) is 3.49. The molecule has 1 aromatic rings. The molecule has 4 heteroatoms. The number of hydrogen-bond donors (Lipinski definition) is 1. The molecular formula is C12H14FNO2. The largest absolute Gasteiger partial charge is 0.467 e. The van der Waals surface area contributed by atoms with Crippen molar-refractivity contribution in [3.63, 3.8) is 0 Å². The summed E-state index contributed by atoms with van der Waals surface area (Å²) in [6.45, 7) is 1.21. The van der Waals surface area contributed by atoms with E-state index in [0.717, 1.165) is 29.7 Å². The van der Waals surface area contributed by atoms with Crippen LogP contribution in [-0.4, -0.2) is 13.3 Å². The van der Waals surface area contributed by atoms with Crippen LogP contribution in [0.4, 0.5) is 4.39 Å². The molecule has 0 spiro atoms. The molecule has 0 radical (unpaired) electrons. The van der Waals surface area contributed by atoms with E-state index in [9.17, 15) is 4.39 Å². The Hall–Kier alpha value is -1.13. The van der Waals surface area contributed by atoms with Gasteiger partial charge in [0.25, 0.3) is 0 Å². The van der Waals surface area contributed by atoms with Gasteiger partial charge in [0.05, 0.1) is 6.61 Å². The smallest absolute Gasteiger partial charge is 0.189 e. The minimum atomic E-state index is -0.234. The van der Waals surface area contributed by atoms with Crippen LogP contribution in [0, 0.1) is 5.82 Å². The second kappa shape index (κ2) is 3.43. The fraction of sp³-hybridized carbons (Fsp3) is 0.500. The lowest BCUT2D eigenvalue weighted by Crippen LogP contribution is -2.23. The molecule has 1 aliphatic carbocycles. The topological polar surface area (TPSA) is 44.5 Å². The van der Waals surface area contributed by atoms with Crippen molar-refractivity contribution in [2.75, 3.05) is 13.3 Å². The van der Waals surface area contributed by atoms with Crippen LogP contribution in [0.1, 0.15) is 24.0 Å². The van der Waals surface area contributed by atoms with Crippen LogP contribution in [0.15, 0.2) is 12.1 Å². The lowest BCUT2D eigenvalue weighted by atomic mass is 9.92. The summed E-state index contributed by atoms with van der Waals surface area (Å²) in [6, 6.07) is 3.04. The first-order chi connectivity index (χ1) is 7.75. The highest BCUT2D eigenvalue weighted by Crippen LogP contribution is 2.51. The molecule has 0 aromatic heterocycles. The summed E-state index contributed by atoms with van der Waals surface area (Å²) in [6.07, 6.45) is 2.03. The Morgan fingerprint density at radius 1 is 1.38 bits per heavy atom. The van der Waals surface area contributed by atoms with Crippen molar-refractivity contribution in [2.45, 2.75) is 24.9 Å². The third kappa shape index (κ3) is 1.41. The monoisotopic (exact) mass is 223 g/mol. The predicted octanol–water partition coefficient (Wildman–Crippen LogP) is 1.68. The van der Waals surface area contributed by atoms with Gasteiger partial charge in [-0.05, 0) is 25.0 Å². The summed E-state index contributed by atoms with van der Waals surface area (Å²) in [4.78, 5) is 0. The molecule has 1 fully saturated rings. The Morgan fingerprint density at radius 3 is 2.88 bits per heavy atom. The molecule has 3 rings (SSSR count). The average molecular weight is 223 g/mol. The number of benzene rings is 1. The van der Waals surface area contributed by atoms with Crippen LogP contribution in [0.25, 0.3) is 0 Å². The van der Waals surface area contributed by atoms with Gasteiger partial charge in [0.15, 0.2) is 6.79 Å². The van der Waals surface area contributed by atoms with E-state index in [1.165, 1.54) is 6.07 Å². The number of hydrogen-bond acceptors (Lipinski definition) is 3. The van der Waals surface area contributed by atoms with Gasteiger partial charge in [0.2, 0.25) is 0 Å². The molecule has 1 saturated carbocycles. The lowest BCUT2D eigenvalue weighted by Gasteiger charge is -2.24. The van der Waals surface area contributed by atoms with E-state index in [0.29, 0.717) is 13.2 Å². The molecule has 0 saturated heterocycles. The van der Waals surface area contributed by atoms with E-state index in [1.807, 2.05) is 0 Å². The zero-order valence-electron chi connectivity index (χ0n) is 8.96. The minimum Gasteiger partial charge on any atom is -0.467 e. The molecule has 16 heavy (non-hydrogen) atoms. The van der Waals surface area contributed by atoms with Crippen molar-refractivity contribution in [3.8, 4) is 5.75 Å². The molecule has 0 unspecified atom stereocenters. The van der Waals surface area contributed by atoms with Gasteiger partial charge in [0.1, 0.15) is 11.6 Å². The summed E-state index contributed by atoms with van der Waals surface area (Å²) in [5, 5.41) is 0. The first kappa shape index (κ1) is 10.1. The zero-order valence-corrected chi connectivity index (χ0v) is 8.96. The van der Waals surface area contributed by atoms with Gasteiger partial charge in [-0.3, -0.25) is 0 Å². The van der Waals surface area contributed by atoms with Crippen molar-refractivity contribution < 1.29 is 13.9 Å². The summed E-state index contributed by atoms with van der Waals surface area (Å²) in [5.41, 5.74) is 7.44. The van der Waals surface area contributed by atoms with Gasteiger partial charge in [-0.25, -0.2) is 4.39 Å². The quantitative estimate of drug-likeness (QED) is 0.829. The summed E-state index contributed by atoms with van der Waals surface area (Å²) >= 11 is 0. The van der Waals surface area contributed by atoms with Crippen LogP contribution in [0.2, 0.25) is 0 Å². The predicted molar refractivity (Wildman–Crippen MR) is 56.7 cm³/mol. The van der Waals surface area contributed by atoms with Gasteiger partial charge in [-0.15, -0.1) is 0 Å². The maximum Gasteiger partial charge on any atom is 0.189 e. The van der Waals surface area contributed by atoms with E-state index in [2.05, 4.69) is 0 Å². The molecule has 0 bridgehead atoms. The summed E-state index contributed by atoms with van der Waals surface area (Å²) in [7, 11) is 0. The molecule has 0 atom stereocenters. The molecular weight excluding hydrogens is 209 g/mol. The second-order valence-corrected chi connectivity index (χ2v) is 4.54. The molecule has 1 aliphatic heterocycles. The molecule has 86 valence electrons. The van der Waals surface area contributed by atoms with Crippen LogP contribution in [0.5, 0.6) is 5.75 Å². The maximum absolute atomic E-state index is 13.5. The first-order valence-electron chi connectivity index (χ1n) is 5.49. The fourth-order valence-electron chi connectivity index (χ4n) is 2.31. The van der Waals surface area contributed by atoms with Crippen LogP contribution < -0.4 is 10.5 Å². The Morgan fingerprint density at radius 2 is 2.19 bits per heavy atom. The number of rotatable bonds is 2. The minimum absolute atomic E-state index is 0.0521. The molecule has 2 N–H and O–H groups in total. The Labute approximate surface area is 93.3 Å². The summed E-state index contributed by atoms with van der Waals surface area (Å²) < 4.78 is 24.1. The third-order valence-electron chi connectivity index (χ3n) is 3.49. The molecule has 1 heterocycles. The van der Waals surface area contributed by atoms with E-state index in [1.54, 1.807) is 6.07 Å². The fourth-order valence-corrected chi connectivity index (χ4v) is 2.31.